The van der Waals surface area contributed by atoms with Gasteiger partial charge in [0.15, 0.2) is 0 Å². The summed E-state index contributed by atoms with van der Waals surface area (Å²) in [4.78, 5) is 37.7. The lowest BCUT2D eigenvalue weighted by molar-refractivity contribution is -0.127. The summed E-state index contributed by atoms with van der Waals surface area (Å²) in [5, 5.41) is 2.20. The van der Waals surface area contributed by atoms with Crippen molar-refractivity contribution in [2.45, 2.75) is 13.8 Å². The zero-order valence-electron chi connectivity index (χ0n) is 13.7. The van der Waals surface area contributed by atoms with Crippen LogP contribution in [-0.2, 0) is 9.59 Å². The number of hydrogen-bond acceptors (Lipinski definition) is 5. The highest BCUT2D eigenvalue weighted by atomic mass is 32.2. The minimum Gasteiger partial charge on any atom is -0.462 e. The van der Waals surface area contributed by atoms with Crippen LogP contribution in [0.15, 0.2) is 45.7 Å². The van der Waals surface area contributed by atoms with Gasteiger partial charge in [-0.1, -0.05) is 17.7 Å². The standard InChI is InChI=1S/C18H16N2O4S/c1-11-3-6-13(7-4-11)19-16(21)10-20-17(22)15(25-18(20)23)9-14-8-5-12(2)24-14/h3-9H,10H2,1-2H3,(H,19,21)/b15-9+. The molecule has 2 heterocycles. The SMILES string of the molecule is Cc1ccc(NC(=O)CN2C(=O)S/C(=C/c3ccc(C)o3)C2=O)cc1. The average molecular weight is 356 g/mol. The molecule has 6 nitrogen and oxygen atoms in total. The molecule has 1 aliphatic heterocycles. The summed E-state index contributed by atoms with van der Waals surface area (Å²) in [5.41, 5.74) is 1.69. The van der Waals surface area contributed by atoms with Gasteiger partial charge >= 0.3 is 0 Å². The molecule has 0 aliphatic carbocycles. The molecule has 1 aromatic heterocycles. The van der Waals surface area contributed by atoms with Crippen LogP contribution in [0.25, 0.3) is 6.08 Å². The number of carbonyl (C=O) groups is 3. The first-order valence-electron chi connectivity index (χ1n) is 7.61. The van der Waals surface area contributed by atoms with Gasteiger partial charge in [0.1, 0.15) is 18.1 Å². The number of imide groups is 1. The summed E-state index contributed by atoms with van der Waals surface area (Å²) in [7, 11) is 0. The quantitative estimate of drug-likeness (QED) is 0.847. The van der Waals surface area contributed by atoms with E-state index in [1.807, 2.05) is 19.1 Å². The highest BCUT2D eigenvalue weighted by Crippen LogP contribution is 2.32. The number of benzene rings is 1. The van der Waals surface area contributed by atoms with Gasteiger partial charge in [0.25, 0.3) is 11.1 Å². The molecule has 3 amide bonds. The van der Waals surface area contributed by atoms with Crippen molar-refractivity contribution in [3.05, 3.63) is 58.4 Å². The molecule has 1 saturated heterocycles. The molecule has 0 radical (unpaired) electrons. The summed E-state index contributed by atoms with van der Waals surface area (Å²) in [5.74, 6) is 0.277. The van der Waals surface area contributed by atoms with Crippen LogP contribution in [-0.4, -0.2) is 28.5 Å². The van der Waals surface area contributed by atoms with E-state index in [9.17, 15) is 14.4 Å². The first-order chi connectivity index (χ1) is 11.9. The van der Waals surface area contributed by atoms with Crippen molar-refractivity contribution in [2.75, 3.05) is 11.9 Å². The Hall–Kier alpha value is -2.80. The molecule has 25 heavy (non-hydrogen) atoms. The van der Waals surface area contributed by atoms with E-state index in [0.29, 0.717) is 17.2 Å². The number of carbonyl (C=O) groups excluding carboxylic acids is 3. The van der Waals surface area contributed by atoms with Crippen molar-refractivity contribution in [3.8, 4) is 0 Å². The summed E-state index contributed by atoms with van der Waals surface area (Å²) in [6, 6.07) is 10.7. The van der Waals surface area contributed by atoms with Gasteiger partial charge in [-0.05, 0) is 49.9 Å². The third kappa shape index (κ3) is 4.00. The van der Waals surface area contributed by atoms with Crippen molar-refractivity contribution in [1.29, 1.82) is 0 Å². The topological polar surface area (TPSA) is 79.6 Å². The number of thioether (sulfide) groups is 1. The molecule has 0 unspecified atom stereocenters. The Morgan fingerprint density at radius 2 is 1.88 bits per heavy atom. The zero-order chi connectivity index (χ0) is 18.0. The Morgan fingerprint density at radius 1 is 1.16 bits per heavy atom. The summed E-state index contributed by atoms with van der Waals surface area (Å²) in [6.45, 7) is 3.41. The minimum atomic E-state index is -0.497. The lowest BCUT2D eigenvalue weighted by Gasteiger charge is -2.12. The van der Waals surface area contributed by atoms with E-state index in [-0.39, 0.29) is 11.4 Å². The second-order valence-corrected chi connectivity index (χ2v) is 6.62. The molecular formula is C18H16N2O4S. The maximum atomic E-state index is 12.4. The van der Waals surface area contributed by atoms with Crippen molar-refractivity contribution in [1.82, 2.24) is 4.90 Å². The van der Waals surface area contributed by atoms with Gasteiger partial charge in [0.2, 0.25) is 5.91 Å². The van der Waals surface area contributed by atoms with E-state index >= 15 is 0 Å². The number of amides is 3. The van der Waals surface area contributed by atoms with Crippen molar-refractivity contribution < 1.29 is 18.8 Å². The minimum absolute atomic E-state index is 0.238. The fourth-order valence-electron chi connectivity index (χ4n) is 2.28. The van der Waals surface area contributed by atoms with E-state index in [1.165, 1.54) is 6.08 Å². The highest BCUT2D eigenvalue weighted by molar-refractivity contribution is 8.18. The normalized spacial score (nSPS) is 15.9. The average Bonchev–Trinajstić information content (AvgIpc) is 3.08. The summed E-state index contributed by atoms with van der Waals surface area (Å²) < 4.78 is 5.38. The molecule has 128 valence electrons. The first kappa shape index (κ1) is 17.0. The number of furan rings is 1. The fourth-order valence-corrected chi connectivity index (χ4v) is 3.10. The van der Waals surface area contributed by atoms with Crippen LogP contribution < -0.4 is 5.32 Å². The molecule has 1 aliphatic rings. The van der Waals surface area contributed by atoms with Crippen LogP contribution >= 0.6 is 11.8 Å². The molecule has 0 bridgehead atoms. The predicted molar refractivity (Wildman–Crippen MR) is 95.9 cm³/mol. The molecule has 1 aromatic carbocycles. The smallest absolute Gasteiger partial charge is 0.294 e. The van der Waals surface area contributed by atoms with Crippen molar-refractivity contribution in [2.24, 2.45) is 0 Å². The Morgan fingerprint density at radius 3 is 2.52 bits per heavy atom. The lowest BCUT2D eigenvalue weighted by Crippen LogP contribution is -2.36. The molecule has 7 heteroatoms. The molecule has 0 spiro atoms. The predicted octanol–water partition coefficient (Wildman–Crippen LogP) is 3.57. The molecule has 2 aromatic rings. The monoisotopic (exact) mass is 356 g/mol. The molecule has 1 fully saturated rings. The number of anilines is 1. The number of hydrogen-bond donors (Lipinski definition) is 1. The number of aryl methyl sites for hydroxylation is 2. The van der Waals surface area contributed by atoms with E-state index < -0.39 is 17.1 Å². The van der Waals surface area contributed by atoms with Crippen LogP contribution in [0.5, 0.6) is 0 Å². The Labute approximate surface area is 148 Å². The second-order valence-electron chi connectivity index (χ2n) is 5.63. The largest absolute Gasteiger partial charge is 0.462 e. The van der Waals surface area contributed by atoms with E-state index in [4.69, 9.17) is 4.42 Å². The van der Waals surface area contributed by atoms with Gasteiger partial charge in [-0.3, -0.25) is 19.3 Å². The third-order valence-corrected chi connectivity index (χ3v) is 4.45. The van der Waals surface area contributed by atoms with Crippen molar-refractivity contribution in [3.63, 3.8) is 0 Å². The number of nitrogens with one attached hydrogen (secondary N) is 1. The fraction of sp³-hybridized carbons (Fsp3) is 0.167. The molecular weight excluding hydrogens is 340 g/mol. The van der Waals surface area contributed by atoms with E-state index in [2.05, 4.69) is 5.32 Å². The van der Waals surface area contributed by atoms with E-state index in [0.717, 1.165) is 22.2 Å². The van der Waals surface area contributed by atoms with Crippen LogP contribution in [0.2, 0.25) is 0 Å². The maximum Gasteiger partial charge on any atom is 0.294 e. The second kappa shape index (κ2) is 6.98. The third-order valence-electron chi connectivity index (χ3n) is 3.55. The van der Waals surface area contributed by atoms with Crippen LogP contribution in [0.1, 0.15) is 17.1 Å². The van der Waals surface area contributed by atoms with Crippen LogP contribution in [0.4, 0.5) is 10.5 Å². The van der Waals surface area contributed by atoms with Crippen molar-refractivity contribution >= 4 is 40.6 Å². The number of rotatable bonds is 4. The Balaban J connectivity index is 1.67. The van der Waals surface area contributed by atoms with Gasteiger partial charge in [-0.25, -0.2) is 0 Å². The van der Waals surface area contributed by atoms with Gasteiger partial charge < -0.3 is 9.73 Å². The Bertz CT molecular complexity index is 867. The number of nitrogens with zero attached hydrogens (tertiary/aromatic N) is 1. The van der Waals surface area contributed by atoms with Gasteiger partial charge in [-0.15, -0.1) is 0 Å². The molecule has 3 rings (SSSR count). The summed E-state index contributed by atoms with van der Waals surface area (Å²) in [6.07, 6.45) is 1.51. The molecule has 0 saturated carbocycles. The lowest BCUT2D eigenvalue weighted by atomic mass is 10.2. The molecule has 0 atom stereocenters. The summed E-state index contributed by atoms with van der Waals surface area (Å²) >= 11 is 0.795. The first-order valence-corrected chi connectivity index (χ1v) is 8.42. The highest BCUT2D eigenvalue weighted by Gasteiger charge is 2.36. The van der Waals surface area contributed by atoms with Gasteiger partial charge in [0, 0.05) is 11.8 Å². The van der Waals surface area contributed by atoms with Gasteiger partial charge in [-0.2, -0.15) is 0 Å². The zero-order valence-corrected chi connectivity index (χ0v) is 14.6. The van der Waals surface area contributed by atoms with Crippen LogP contribution in [0.3, 0.4) is 0 Å². The van der Waals surface area contributed by atoms with E-state index in [1.54, 1.807) is 31.2 Å². The van der Waals surface area contributed by atoms with Crippen LogP contribution in [0, 0.1) is 13.8 Å². The Kier molecular flexibility index (Phi) is 4.76. The molecule has 1 N–H and O–H groups in total. The van der Waals surface area contributed by atoms with Gasteiger partial charge in [0.05, 0.1) is 4.91 Å². The maximum absolute atomic E-state index is 12.4.